The molecule has 124 valence electrons. The van der Waals surface area contributed by atoms with Crippen molar-refractivity contribution < 1.29 is 14.6 Å². The average Bonchev–Trinajstić information content (AvgIpc) is 2.71. The van der Waals surface area contributed by atoms with Crippen LogP contribution in [0.3, 0.4) is 0 Å². The molecular weight excluding hydrogens is 302 g/mol. The molecule has 2 aromatic carbocycles. The second-order valence-corrected chi connectivity index (χ2v) is 6.17. The predicted molar refractivity (Wildman–Crippen MR) is 94.4 cm³/mol. The van der Waals surface area contributed by atoms with Gasteiger partial charge in [0.1, 0.15) is 12.4 Å². The summed E-state index contributed by atoms with van der Waals surface area (Å²) in [6.45, 7) is 1.33. The lowest BCUT2D eigenvalue weighted by molar-refractivity contribution is 0.0696. The fourth-order valence-electron chi connectivity index (χ4n) is 2.91. The van der Waals surface area contributed by atoms with Crippen molar-refractivity contribution in [2.45, 2.75) is 13.0 Å². The van der Waals surface area contributed by atoms with E-state index in [1.165, 1.54) is 0 Å². The van der Waals surface area contributed by atoms with Crippen LogP contribution in [0.15, 0.2) is 48.5 Å². The zero-order chi connectivity index (χ0) is 17.1. The van der Waals surface area contributed by atoms with Crippen molar-refractivity contribution >= 4 is 11.5 Å². The average molecular weight is 323 g/mol. The molecule has 1 aliphatic rings. The van der Waals surface area contributed by atoms with Crippen LogP contribution >= 0.6 is 0 Å². The Kier molecular flexibility index (Phi) is 4.67. The highest BCUT2D eigenvalue weighted by molar-refractivity contribution is 5.90. The number of nitrogens with zero attached hydrogens (tertiary/aromatic N) is 1. The summed E-state index contributed by atoms with van der Waals surface area (Å²) in [5.41, 5.74) is 4.40. The molecule has 4 heteroatoms. The highest BCUT2D eigenvalue weighted by Gasteiger charge is 2.20. The van der Waals surface area contributed by atoms with Crippen molar-refractivity contribution in [2.24, 2.45) is 0 Å². The van der Waals surface area contributed by atoms with Crippen molar-refractivity contribution in [3.8, 4) is 5.75 Å². The third-order valence-electron chi connectivity index (χ3n) is 4.13. The van der Waals surface area contributed by atoms with Crippen LogP contribution in [0, 0.1) is 0 Å². The minimum absolute atomic E-state index is 0.288. The normalized spacial score (nSPS) is 14.7. The standard InChI is InChI=1S/C20H21NO3/c1-21(2)11-5-7-17-16-10-9-14(20(22)23)12-15(16)13-24-19-8-4-3-6-18(17)19/h3-4,6-10,12H,5,11,13H2,1-2H3,(H,22,23). The Morgan fingerprint density at radius 2 is 2.00 bits per heavy atom. The van der Waals surface area contributed by atoms with Crippen molar-refractivity contribution in [2.75, 3.05) is 20.6 Å². The summed E-state index contributed by atoms with van der Waals surface area (Å²) in [6, 6.07) is 13.2. The molecule has 24 heavy (non-hydrogen) atoms. The largest absolute Gasteiger partial charge is 0.488 e. The van der Waals surface area contributed by atoms with Crippen LogP contribution in [-0.2, 0) is 6.61 Å². The fourth-order valence-corrected chi connectivity index (χ4v) is 2.91. The second kappa shape index (κ2) is 6.89. The molecule has 0 radical (unpaired) electrons. The first-order chi connectivity index (χ1) is 11.6. The van der Waals surface area contributed by atoms with Gasteiger partial charge in [-0.3, -0.25) is 0 Å². The van der Waals surface area contributed by atoms with Gasteiger partial charge in [-0.15, -0.1) is 0 Å². The van der Waals surface area contributed by atoms with E-state index in [1.807, 2.05) is 24.3 Å². The number of aromatic carboxylic acids is 1. The van der Waals surface area contributed by atoms with Crippen molar-refractivity contribution in [1.82, 2.24) is 4.90 Å². The Bertz CT molecular complexity index is 793. The fraction of sp³-hybridized carbons (Fsp3) is 0.250. The van der Waals surface area contributed by atoms with Gasteiger partial charge in [0.2, 0.25) is 0 Å². The summed E-state index contributed by atoms with van der Waals surface area (Å²) in [6.07, 6.45) is 3.13. The number of rotatable bonds is 4. The molecule has 0 atom stereocenters. The maximum atomic E-state index is 11.3. The lowest BCUT2D eigenvalue weighted by atomic mass is 9.92. The van der Waals surface area contributed by atoms with Gasteiger partial charge in [-0.25, -0.2) is 4.79 Å². The molecule has 1 aliphatic heterocycles. The highest BCUT2D eigenvalue weighted by Crippen LogP contribution is 2.37. The number of hydrogen-bond acceptors (Lipinski definition) is 3. The second-order valence-electron chi connectivity index (χ2n) is 6.17. The van der Waals surface area contributed by atoms with Gasteiger partial charge in [0.15, 0.2) is 0 Å². The van der Waals surface area contributed by atoms with Gasteiger partial charge >= 0.3 is 5.97 Å². The first-order valence-corrected chi connectivity index (χ1v) is 8.00. The van der Waals surface area contributed by atoms with Crippen molar-refractivity contribution in [3.05, 3.63) is 70.8 Å². The number of fused-ring (bicyclic) bond motifs is 2. The quantitative estimate of drug-likeness (QED) is 0.933. The van der Waals surface area contributed by atoms with Gasteiger partial charge in [-0.05, 0) is 55.4 Å². The Hall–Kier alpha value is -2.59. The van der Waals surface area contributed by atoms with Crippen molar-refractivity contribution in [1.29, 1.82) is 0 Å². The van der Waals surface area contributed by atoms with Crippen LogP contribution in [0.25, 0.3) is 5.57 Å². The molecule has 0 saturated heterocycles. The van der Waals surface area contributed by atoms with E-state index in [9.17, 15) is 9.90 Å². The van der Waals surface area contributed by atoms with Crippen LogP contribution in [0.2, 0.25) is 0 Å². The first kappa shape index (κ1) is 16.3. The van der Waals surface area contributed by atoms with E-state index >= 15 is 0 Å². The monoisotopic (exact) mass is 323 g/mol. The minimum atomic E-state index is -0.919. The summed E-state index contributed by atoms with van der Waals surface area (Å²) in [4.78, 5) is 13.4. The van der Waals surface area contributed by atoms with Crippen LogP contribution in [0.4, 0.5) is 0 Å². The first-order valence-electron chi connectivity index (χ1n) is 8.00. The summed E-state index contributed by atoms with van der Waals surface area (Å²) < 4.78 is 5.92. The summed E-state index contributed by atoms with van der Waals surface area (Å²) in [5.74, 6) is -0.0839. The van der Waals surface area contributed by atoms with E-state index < -0.39 is 5.97 Å². The molecule has 2 aromatic rings. The van der Waals surface area contributed by atoms with Crippen LogP contribution < -0.4 is 4.74 Å². The number of carboxylic acid groups (broad SMARTS) is 1. The lowest BCUT2D eigenvalue weighted by Crippen LogP contribution is -2.12. The zero-order valence-corrected chi connectivity index (χ0v) is 14.0. The molecule has 0 aromatic heterocycles. The van der Waals surface area contributed by atoms with Crippen LogP contribution in [0.5, 0.6) is 5.75 Å². The van der Waals surface area contributed by atoms with E-state index in [0.29, 0.717) is 6.61 Å². The predicted octanol–water partition coefficient (Wildman–Crippen LogP) is 3.66. The smallest absolute Gasteiger partial charge is 0.335 e. The Morgan fingerprint density at radius 1 is 1.21 bits per heavy atom. The van der Waals surface area contributed by atoms with Crippen LogP contribution in [0.1, 0.15) is 33.5 Å². The Balaban J connectivity index is 2.09. The topological polar surface area (TPSA) is 49.8 Å². The minimum Gasteiger partial charge on any atom is -0.488 e. The molecule has 0 spiro atoms. The lowest BCUT2D eigenvalue weighted by Gasteiger charge is -2.12. The number of ether oxygens (including phenoxy) is 1. The van der Waals surface area contributed by atoms with E-state index in [0.717, 1.165) is 41.0 Å². The number of para-hydroxylation sites is 1. The van der Waals surface area contributed by atoms with E-state index in [2.05, 4.69) is 31.1 Å². The molecule has 0 amide bonds. The van der Waals surface area contributed by atoms with Gasteiger partial charge in [-0.2, -0.15) is 0 Å². The Morgan fingerprint density at radius 3 is 2.75 bits per heavy atom. The van der Waals surface area contributed by atoms with Gasteiger partial charge in [0.25, 0.3) is 0 Å². The third-order valence-corrected chi connectivity index (χ3v) is 4.13. The summed E-state index contributed by atoms with van der Waals surface area (Å²) in [5, 5.41) is 9.24. The van der Waals surface area contributed by atoms with Crippen LogP contribution in [-0.4, -0.2) is 36.6 Å². The molecule has 3 rings (SSSR count). The summed E-state index contributed by atoms with van der Waals surface area (Å²) >= 11 is 0. The van der Waals surface area contributed by atoms with E-state index in [1.54, 1.807) is 12.1 Å². The number of hydrogen-bond donors (Lipinski definition) is 1. The molecular formula is C20H21NO3. The number of carbonyl (C=O) groups is 1. The Labute approximate surface area is 142 Å². The molecule has 0 saturated carbocycles. The third kappa shape index (κ3) is 3.34. The molecule has 0 bridgehead atoms. The molecule has 1 N–H and O–H groups in total. The van der Waals surface area contributed by atoms with Gasteiger partial charge in [0, 0.05) is 12.1 Å². The molecule has 4 nitrogen and oxygen atoms in total. The SMILES string of the molecule is CN(C)CCC=C1c2ccc(C(=O)O)cc2COc2ccccc21. The van der Waals surface area contributed by atoms with Crippen molar-refractivity contribution in [3.63, 3.8) is 0 Å². The zero-order valence-electron chi connectivity index (χ0n) is 14.0. The van der Waals surface area contributed by atoms with E-state index in [-0.39, 0.29) is 5.56 Å². The van der Waals surface area contributed by atoms with Gasteiger partial charge in [0.05, 0.1) is 5.56 Å². The highest BCUT2D eigenvalue weighted by atomic mass is 16.5. The number of benzene rings is 2. The molecule has 0 aliphatic carbocycles. The molecule has 1 heterocycles. The number of carboxylic acids is 1. The maximum absolute atomic E-state index is 11.3. The summed E-state index contributed by atoms with van der Waals surface area (Å²) in [7, 11) is 4.10. The molecule has 0 unspecified atom stereocenters. The van der Waals surface area contributed by atoms with Gasteiger partial charge < -0.3 is 14.7 Å². The molecule has 0 fully saturated rings. The van der Waals surface area contributed by atoms with E-state index in [4.69, 9.17) is 4.74 Å². The maximum Gasteiger partial charge on any atom is 0.335 e. The van der Waals surface area contributed by atoms with Gasteiger partial charge in [-0.1, -0.05) is 30.3 Å².